The Balaban J connectivity index is 2.13. The zero-order valence-electron chi connectivity index (χ0n) is 9.18. The largest absolute Gasteiger partial charge is 0.481 e. The van der Waals surface area contributed by atoms with E-state index in [4.69, 9.17) is 16.3 Å². The van der Waals surface area contributed by atoms with Crippen LogP contribution in [0.25, 0.3) is 0 Å². The van der Waals surface area contributed by atoms with Crippen LogP contribution in [0.4, 0.5) is 5.82 Å². The summed E-state index contributed by atoms with van der Waals surface area (Å²) in [6.07, 6.45) is 0. The number of aliphatic carboxylic acids is 1. The van der Waals surface area contributed by atoms with Crippen LogP contribution >= 0.6 is 11.6 Å². The molecule has 0 aromatic carbocycles. The van der Waals surface area contributed by atoms with Gasteiger partial charge in [0.15, 0.2) is 5.15 Å². The van der Waals surface area contributed by atoms with Crippen molar-refractivity contribution < 1.29 is 14.6 Å². The van der Waals surface area contributed by atoms with Gasteiger partial charge in [0.05, 0.1) is 19.3 Å². The first-order valence-electron chi connectivity index (χ1n) is 5.09. The second-order valence-corrected chi connectivity index (χ2v) is 4.56. The van der Waals surface area contributed by atoms with Gasteiger partial charge in [0, 0.05) is 0 Å². The number of rotatable bonds is 3. The molecule has 0 amide bonds. The van der Waals surface area contributed by atoms with Crippen LogP contribution in [0.3, 0.4) is 0 Å². The highest BCUT2D eigenvalue weighted by Crippen LogP contribution is 2.30. The number of halogens is 1. The van der Waals surface area contributed by atoms with Crippen LogP contribution in [0.5, 0.6) is 0 Å². The lowest BCUT2D eigenvalue weighted by Gasteiger charge is -2.25. The van der Waals surface area contributed by atoms with Gasteiger partial charge in [0.25, 0.3) is 0 Å². The summed E-state index contributed by atoms with van der Waals surface area (Å²) in [6, 6.07) is 2.90. The topological polar surface area (TPSA) is 84.3 Å². The Morgan fingerprint density at radius 3 is 3.00 bits per heavy atom. The minimum absolute atomic E-state index is 0.182. The predicted molar refractivity (Wildman–Crippen MR) is 61.0 cm³/mol. The number of carboxylic acids is 1. The molecule has 1 saturated heterocycles. The fourth-order valence-electron chi connectivity index (χ4n) is 1.66. The number of carbonyl (C=O) groups is 1. The normalized spacial score (nSPS) is 28.0. The molecule has 7 heteroatoms. The zero-order chi connectivity index (χ0) is 12.5. The summed E-state index contributed by atoms with van der Waals surface area (Å²) in [7, 11) is 0. The smallest absolute Gasteiger partial charge is 0.313 e. The molecule has 0 radical (unpaired) electrons. The maximum absolute atomic E-state index is 11.2. The first-order chi connectivity index (χ1) is 8.02. The van der Waals surface area contributed by atoms with Crippen molar-refractivity contribution in [3.8, 4) is 0 Å². The molecule has 0 saturated carbocycles. The molecule has 0 aliphatic carbocycles. The number of hydrogen-bond donors (Lipinski definition) is 2. The van der Waals surface area contributed by atoms with E-state index in [-0.39, 0.29) is 12.6 Å². The van der Waals surface area contributed by atoms with Gasteiger partial charge in [-0.2, -0.15) is 0 Å². The molecule has 1 aliphatic heterocycles. The first kappa shape index (κ1) is 12.1. The molecule has 2 heterocycles. The molecule has 2 atom stereocenters. The summed E-state index contributed by atoms with van der Waals surface area (Å²) in [6.45, 7) is 2.15. The highest BCUT2D eigenvalue weighted by atomic mass is 35.5. The molecular weight excluding hydrogens is 246 g/mol. The second-order valence-electron chi connectivity index (χ2n) is 4.18. The Hall–Kier alpha value is -1.40. The molecule has 1 aromatic heterocycles. The summed E-state index contributed by atoms with van der Waals surface area (Å²) in [4.78, 5) is 11.2. The van der Waals surface area contributed by atoms with Crippen LogP contribution in [-0.4, -0.2) is 40.5 Å². The van der Waals surface area contributed by atoms with E-state index in [1.54, 1.807) is 19.1 Å². The molecule has 6 nitrogen and oxygen atoms in total. The highest BCUT2D eigenvalue weighted by molar-refractivity contribution is 6.29. The maximum atomic E-state index is 11.2. The third-order valence-electron chi connectivity index (χ3n) is 2.90. The lowest BCUT2D eigenvalue weighted by atomic mass is 9.85. The average molecular weight is 258 g/mol. The Labute approximate surface area is 103 Å². The molecule has 2 unspecified atom stereocenters. The van der Waals surface area contributed by atoms with Crippen LogP contribution < -0.4 is 5.32 Å². The van der Waals surface area contributed by atoms with E-state index >= 15 is 0 Å². The Morgan fingerprint density at radius 2 is 2.41 bits per heavy atom. The van der Waals surface area contributed by atoms with Crippen molar-refractivity contribution in [1.82, 2.24) is 10.2 Å². The summed E-state index contributed by atoms with van der Waals surface area (Å²) in [5.74, 6) is -0.410. The third-order valence-corrected chi connectivity index (χ3v) is 3.10. The Kier molecular flexibility index (Phi) is 3.17. The van der Waals surface area contributed by atoms with Gasteiger partial charge in [-0.05, 0) is 19.1 Å². The standard InChI is InChI=1S/C10H12ClN3O3/c1-10(9(15)16)5-17-4-6(10)12-8-3-2-7(11)13-14-8/h2-3,6H,4-5H2,1H3,(H,12,14)(H,15,16). The molecule has 2 rings (SSSR count). The van der Waals surface area contributed by atoms with Crippen molar-refractivity contribution in [1.29, 1.82) is 0 Å². The van der Waals surface area contributed by atoms with Gasteiger partial charge in [0.2, 0.25) is 0 Å². The number of nitrogens with zero attached hydrogens (tertiary/aromatic N) is 2. The van der Waals surface area contributed by atoms with E-state index in [9.17, 15) is 9.90 Å². The summed E-state index contributed by atoms with van der Waals surface area (Å²) < 4.78 is 5.21. The van der Waals surface area contributed by atoms with Crippen LogP contribution in [-0.2, 0) is 9.53 Å². The minimum Gasteiger partial charge on any atom is -0.481 e. The van der Waals surface area contributed by atoms with Gasteiger partial charge in [0.1, 0.15) is 11.2 Å². The summed E-state index contributed by atoms with van der Waals surface area (Å²) in [5.41, 5.74) is -0.957. The van der Waals surface area contributed by atoms with Gasteiger partial charge >= 0.3 is 5.97 Å². The number of ether oxygens (including phenoxy) is 1. The SMILES string of the molecule is CC1(C(=O)O)COCC1Nc1ccc(Cl)nn1. The summed E-state index contributed by atoms with van der Waals surface area (Å²) >= 11 is 5.61. The molecule has 0 bridgehead atoms. The number of aromatic nitrogens is 2. The Morgan fingerprint density at radius 1 is 1.65 bits per heavy atom. The Bertz CT molecular complexity index is 425. The molecular formula is C10H12ClN3O3. The fraction of sp³-hybridized carbons (Fsp3) is 0.500. The zero-order valence-corrected chi connectivity index (χ0v) is 9.94. The van der Waals surface area contributed by atoms with Crippen LogP contribution in [0.1, 0.15) is 6.92 Å². The molecule has 17 heavy (non-hydrogen) atoms. The van der Waals surface area contributed by atoms with E-state index in [1.165, 1.54) is 0 Å². The number of hydrogen-bond acceptors (Lipinski definition) is 5. The third kappa shape index (κ3) is 2.32. The van der Waals surface area contributed by atoms with E-state index < -0.39 is 11.4 Å². The highest BCUT2D eigenvalue weighted by Gasteiger charge is 2.46. The molecule has 92 valence electrons. The van der Waals surface area contributed by atoms with Crippen LogP contribution in [0, 0.1) is 5.41 Å². The summed E-state index contributed by atoms with van der Waals surface area (Å²) in [5, 5.41) is 20.0. The molecule has 0 spiro atoms. The van der Waals surface area contributed by atoms with Crippen molar-refractivity contribution in [2.24, 2.45) is 5.41 Å². The van der Waals surface area contributed by atoms with E-state index in [2.05, 4.69) is 15.5 Å². The number of nitrogens with one attached hydrogen (secondary N) is 1. The molecule has 1 fully saturated rings. The van der Waals surface area contributed by atoms with Gasteiger partial charge in [-0.25, -0.2) is 0 Å². The monoisotopic (exact) mass is 257 g/mol. The van der Waals surface area contributed by atoms with Crippen molar-refractivity contribution >= 4 is 23.4 Å². The number of anilines is 1. The maximum Gasteiger partial charge on any atom is 0.313 e. The van der Waals surface area contributed by atoms with Crippen molar-refractivity contribution in [3.63, 3.8) is 0 Å². The molecule has 2 N–H and O–H groups in total. The van der Waals surface area contributed by atoms with E-state index in [0.29, 0.717) is 17.6 Å². The van der Waals surface area contributed by atoms with Crippen molar-refractivity contribution in [2.75, 3.05) is 18.5 Å². The molecule has 1 aliphatic rings. The van der Waals surface area contributed by atoms with Gasteiger partial charge in [-0.3, -0.25) is 4.79 Å². The quantitative estimate of drug-likeness (QED) is 0.841. The van der Waals surface area contributed by atoms with Crippen LogP contribution in [0.15, 0.2) is 12.1 Å². The van der Waals surface area contributed by atoms with Crippen molar-refractivity contribution in [2.45, 2.75) is 13.0 Å². The fourth-order valence-corrected chi connectivity index (χ4v) is 1.76. The second kappa shape index (κ2) is 4.46. The molecule has 1 aromatic rings. The van der Waals surface area contributed by atoms with Crippen molar-refractivity contribution in [3.05, 3.63) is 17.3 Å². The predicted octanol–water partition coefficient (Wildman–Crippen LogP) is 1.03. The van der Waals surface area contributed by atoms with E-state index in [1.807, 2.05) is 0 Å². The first-order valence-corrected chi connectivity index (χ1v) is 5.47. The lowest BCUT2D eigenvalue weighted by molar-refractivity contribution is -0.148. The number of carboxylic acid groups (broad SMARTS) is 1. The minimum atomic E-state index is -0.957. The van der Waals surface area contributed by atoms with Crippen LogP contribution in [0.2, 0.25) is 5.15 Å². The van der Waals surface area contributed by atoms with Gasteiger partial charge in [-0.1, -0.05) is 11.6 Å². The van der Waals surface area contributed by atoms with Gasteiger partial charge < -0.3 is 15.2 Å². The van der Waals surface area contributed by atoms with Gasteiger partial charge in [-0.15, -0.1) is 10.2 Å². The lowest BCUT2D eigenvalue weighted by Crippen LogP contribution is -2.43. The average Bonchev–Trinajstić information content (AvgIpc) is 2.65. The van der Waals surface area contributed by atoms with E-state index in [0.717, 1.165) is 0 Å².